The number of carbonyl (C=O) groups is 3. The molecule has 0 aliphatic carbocycles. The topological polar surface area (TPSA) is 69.7 Å². The number of hydrogen-bond acceptors (Lipinski definition) is 3. The minimum atomic E-state index is -1.08. The molecule has 0 bridgehead atoms. The van der Waals surface area contributed by atoms with E-state index in [9.17, 15) is 14.4 Å². The average Bonchev–Trinajstić information content (AvgIpc) is 2.37. The zero-order valence-corrected chi connectivity index (χ0v) is 12.1. The molecule has 1 N–H and O–H groups in total. The van der Waals surface area contributed by atoms with Crippen LogP contribution in [-0.2, 0) is 14.4 Å². The molecule has 1 rings (SSSR count). The van der Waals surface area contributed by atoms with Crippen molar-refractivity contribution >= 4 is 18.2 Å². The second-order valence-electron chi connectivity index (χ2n) is 5.69. The van der Waals surface area contributed by atoms with Crippen LogP contribution in [0.5, 0.6) is 0 Å². The summed E-state index contributed by atoms with van der Waals surface area (Å²) in [4.78, 5) is 38.4. The Morgan fingerprint density at radius 2 is 1.68 bits per heavy atom. The van der Waals surface area contributed by atoms with Crippen LogP contribution in [0.1, 0.15) is 27.7 Å². The number of amides is 3. The molecule has 0 radical (unpaired) electrons. The number of rotatable bonds is 4. The molecular formula is C13H23N3O3. The quantitative estimate of drug-likeness (QED) is 0.569. The van der Waals surface area contributed by atoms with Gasteiger partial charge in [0.25, 0.3) is 0 Å². The molecule has 1 fully saturated rings. The molecule has 1 aliphatic heterocycles. The Balaban J connectivity index is 2.66. The van der Waals surface area contributed by atoms with Gasteiger partial charge in [-0.15, -0.1) is 0 Å². The number of hydrogen-bond donors (Lipinski definition) is 1. The minimum absolute atomic E-state index is 0.00601. The molecule has 0 spiro atoms. The largest absolute Gasteiger partial charge is 0.353 e. The van der Waals surface area contributed by atoms with E-state index in [1.54, 1.807) is 23.6 Å². The molecule has 0 aromatic carbocycles. The summed E-state index contributed by atoms with van der Waals surface area (Å²) >= 11 is 0. The van der Waals surface area contributed by atoms with Crippen molar-refractivity contribution in [3.05, 3.63) is 0 Å². The van der Waals surface area contributed by atoms with Gasteiger partial charge in [-0.3, -0.25) is 14.4 Å². The van der Waals surface area contributed by atoms with Gasteiger partial charge < -0.3 is 15.1 Å². The van der Waals surface area contributed by atoms with Gasteiger partial charge in [0.05, 0.1) is 0 Å². The van der Waals surface area contributed by atoms with Gasteiger partial charge in [0.15, 0.2) is 0 Å². The van der Waals surface area contributed by atoms with Gasteiger partial charge in [-0.1, -0.05) is 0 Å². The SMILES string of the molecule is CC(C)NC(=O)C(C)(C)C(=O)N1CCN(C=O)CC1. The zero-order chi connectivity index (χ0) is 14.6. The van der Waals surface area contributed by atoms with Crippen molar-refractivity contribution in [2.24, 2.45) is 5.41 Å². The first-order valence-electron chi connectivity index (χ1n) is 6.58. The number of nitrogens with zero attached hydrogens (tertiary/aromatic N) is 2. The summed E-state index contributed by atoms with van der Waals surface area (Å²) in [5.41, 5.74) is -1.08. The minimum Gasteiger partial charge on any atom is -0.353 e. The summed E-state index contributed by atoms with van der Waals surface area (Å²) in [5, 5.41) is 2.77. The fourth-order valence-electron chi connectivity index (χ4n) is 1.97. The van der Waals surface area contributed by atoms with Crippen molar-refractivity contribution in [3.8, 4) is 0 Å². The molecule has 108 valence electrons. The van der Waals surface area contributed by atoms with Crippen molar-refractivity contribution in [2.45, 2.75) is 33.7 Å². The molecule has 6 heteroatoms. The van der Waals surface area contributed by atoms with Crippen LogP contribution >= 0.6 is 0 Å². The molecule has 0 aromatic rings. The molecule has 19 heavy (non-hydrogen) atoms. The van der Waals surface area contributed by atoms with Crippen molar-refractivity contribution in [3.63, 3.8) is 0 Å². The Morgan fingerprint density at radius 1 is 1.16 bits per heavy atom. The van der Waals surface area contributed by atoms with E-state index in [2.05, 4.69) is 5.32 Å². The van der Waals surface area contributed by atoms with Gasteiger partial charge in [0.2, 0.25) is 18.2 Å². The highest BCUT2D eigenvalue weighted by Crippen LogP contribution is 2.20. The summed E-state index contributed by atoms with van der Waals surface area (Å²) in [6.45, 7) is 9.01. The standard InChI is InChI=1S/C13H23N3O3/c1-10(2)14-11(18)13(3,4)12(19)16-7-5-15(9-17)6-8-16/h9-10H,5-8H2,1-4H3,(H,14,18). The van der Waals surface area contributed by atoms with Crippen molar-refractivity contribution in [2.75, 3.05) is 26.2 Å². The van der Waals surface area contributed by atoms with Crippen LogP contribution in [0.2, 0.25) is 0 Å². The molecular weight excluding hydrogens is 246 g/mol. The third-order valence-corrected chi connectivity index (χ3v) is 3.27. The fraction of sp³-hybridized carbons (Fsp3) is 0.769. The van der Waals surface area contributed by atoms with Crippen LogP contribution in [0, 0.1) is 5.41 Å². The summed E-state index contributed by atoms with van der Waals surface area (Å²) in [6, 6.07) is 0.00601. The van der Waals surface area contributed by atoms with Crippen LogP contribution < -0.4 is 5.32 Å². The van der Waals surface area contributed by atoms with Gasteiger partial charge in [-0.25, -0.2) is 0 Å². The summed E-state index contributed by atoms with van der Waals surface area (Å²) in [7, 11) is 0. The van der Waals surface area contributed by atoms with Crippen LogP contribution in [0.15, 0.2) is 0 Å². The lowest BCUT2D eigenvalue weighted by molar-refractivity contribution is -0.150. The highest BCUT2D eigenvalue weighted by atomic mass is 16.2. The molecule has 0 unspecified atom stereocenters. The molecule has 1 aliphatic rings. The predicted molar refractivity (Wildman–Crippen MR) is 71.3 cm³/mol. The second-order valence-corrected chi connectivity index (χ2v) is 5.69. The fourth-order valence-corrected chi connectivity index (χ4v) is 1.97. The highest BCUT2D eigenvalue weighted by molar-refractivity contribution is 6.04. The van der Waals surface area contributed by atoms with Crippen molar-refractivity contribution < 1.29 is 14.4 Å². The van der Waals surface area contributed by atoms with E-state index in [1.807, 2.05) is 13.8 Å². The van der Waals surface area contributed by atoms with Gasteiger partial charge in [-0.05, 0) is 27.7 Å². The van der Waals surface area contributed by atoms with Crippen LogP contribution in [0.3, 0.4) is 0 Å². The Labute approximate surface area is 114 Å². The summed E-state index contributed by atoms with van der Waals surface area (Å²) < 4.78 is 0. The average molecular weight is 269 g/mol. The van der Waals surface area contributed by atoms with E-state index in [-0.39, 0.29) is 17.9 Å². The molecule has 1 saturated heterocycles. The van der Waals surface area contributed by atoms with Gasteiger partial charge in [0, 0.05) is 32.2 Å². The lowest BCUT2D eigenvalue weighted by Gasteiger charge is -2.36. The lowest BCUT2D eigenvalue weighted by atomic mass is 9.89. The first-order valence-corrected chi connectivity index (χ1v) is 6.58. The number of piperazine rings is 1. The first kappa shape index (κ1) is 15.5. The molecule has 0 aromatic heterocycles. The third kappa shape index (κ3) is 3.68. The van der Waals surface area contributed by atoms with E-state index in [0.717, 1.165) is 6.41 Å². The van der Waals surface area contributed by atoms with E-state index >= 15 is 0 Å². The molecule has 0 atom stereocenters. The first-order chi connectivity index (χ1) is 8.78. The lowest BCUT2D eigenvalue weighted by Crippen LogP contribution is -2.55. The van der Waals surface area contributed by atoms with E-state index < -0.39 is 5.41 Å². The Hall–Kier alpha value is -1.59. The van der Waals surface area contributed by atoms with Gasteiger partial charge in [-0.2, -0.15) is 0 Å². The monoisotopic (exact) mass is 269 g/mol. The molecule has 1 heterocycles. The van der Waals surface area contributed by atoms with Crippen LogP contribution in [0.4, 0.5) is 0 Å². The van der Waals surface area contributed by atoms with E-state index in [1.165, 1.54) is 0 Å². The van der Waals surface area contributed by atoms with Gasteiger partial charge in [0.1, 0.15) is 5.41 Å². The van der Waals surface area contributed by atoms with Crippen molar-refractivity contribution in [1.82, 2.24) is 15.1 Å². The second kappa shape index (κ2) is 6.04. The molecule has 6 nitrogen and oxygen atoms in total. The number of nitrogens with one attached hydrogen (secondary N) is 1. The summed E-state index contributed by atoms with van der Waals surface area (Å²) in [6.07, 6.45) is 0.790. The molecule has 0 saturated carbocycles. The Kier molecular flexibility index (Phi) is 4.91. The maximum absolute atomic E-state index is 12.4. The maximum atomic E-state index is 12.4. The highest BCUT2D eigenvalue weighted by Gasteiger charge is 2.40. The van der Waals surface area contributed by atoms with E-state index in [0.29, 0.717) is 26.2 Å². The van der Waals surface area contributed by atoms with E-state index in [4.69, 9.17) is 0 Å². The zero-order valence-electron chi connectivity index (χ0n) is 12.1. The van der Waals surface area contributed by atoms with Gasteiger partial charge >= 0.3 is 0 Å². The normalized spacial score (nSPS) is 16.5. The van der Waals surface area contributed by atoms with Crippen molar-refractivity contribution in [1.29, 1.82) is 0 Å². The predicted octanol–water partition coefficient (Wildman–Crippen LogP) is -0.162. The Morgan fingerprint density at radius 3 is 2.11 bits per heavy atom. The Bertz CT molecular complexity index is 358. The maximum Gasteiger partial charge on any atom is 0.237 e. The van der Waals surface area contributed by atoms with Crippen LogP contribution in [-0.4, -0.2) is 60.2 Å². The summed E-state index contributed by atoms with van der Waals surface area (Å²) in [5.74, 6) is -0.443. The number of carbonyl (C=O) groups excluding carboxylic acids is 3. The smallest absolute Gasteiger partial charge is 0.237 e. The third-order valence-electron chi connectivity index (χ3n) is 3.27. The van der Waals surface area contributed by atoms with Crippen LogP contribution in [0.25, 0.3) is 0 Å². The molecule has 3 amide bonds.